The number of hydrogen-bond acceptors (Lipinski definition) is 2. The molecule has 0 aliphatic carbocycles. The van der Waals surface area contributed by atoms with Gasteiger partial charge in [0.25, 0.3) is 0 Å². The standard InChI is InChI=1S/C21H38N2/c1-2-3-4-5-6-7-8-9-10-11-12-13-14-15-16-18-21-22-19-17-20-23-21/h17,19-20H,2-16,18H2,1H3. The van der Waals surface area contributed by atoms with Gasteiger partial charge in [0.15, 0.2) is 0 Å². The van der Waals surface area contributed by atoms with Crippen molar-refractivity contribution in [1.82, 2.24) is 9.97 Å². The Morgan fingerprint density at radius 1 is 0.565 bits per heavy atom. The Bertz CT molecular complexity index is 337. The minimum Gasteiger partial charge on any atom is -0.241 e. The summed E-state index contributed by atoms with van der Waals surface area (Å²) in [6, 6.07) is 1.88. The summed E-state index contributed by atoms with van der Waals surface area (Å²) in [6.07, 6.45) is 25.9. The van der Waals surface area contributed by atoms with Crippen molar-refractivity contribution in [2.24, 2.45) is 0 Å². The summed E-state index contributed by atoms with van der Waals surface area (Å²) in [7, 11) is 0. The number of hydrogen-bond donors (Lipinski definition) is 0. The van der Waals surface area contributed by atoms with Crippen LogP contribution in [0.15, 0.2) is 18.5 Å². The van der Waals surface area contributed by atoms with Gasteiger partial charge < -0.3 is 0 Å². The van der Waals surface area contributed by atoms with Gasteiger partial charge in [-0.15, -0.1) is 0 Å². The van der Waals surface area contributed by atoms with Crippen molar-refractivity contribution in [3.8, 4) is 0 Å². The van der Waals surface area contributed by atoms with Crippen molar-refractivity contribution in [2.45, 2.75) is 110 Å². The summed E-state index contributed by atoms with van der Waals surface area (Å²) in [5.74, 6) is 1.00. The molecular weight excluding hydrogens is 280 g/mol. The predicted molar refractivity (Wildman–Crippen MR) is 101 cm³/mol. The first-order valence-electron chi connectivity index (χ1n) is 10.2. The van der Waals surface area contributed by atoms with Gasteiger partial charge in [0.1, 0.15) is 5.82 Å². The molecule has 1 aromatic heterocycles. The maximum absolute atomic E-state index is 4.27. The molecule has 0 bridgehead atoms. The first-order chi connectivity index (χ1) is 11.4. The van der Waals surface area contributed by atoms with Crippen LogP contribution in [0, 0.1) is 0 Å². The monoisotopic (exact) mass is 318 g/mol. The minimum atomic E-state index is 1.00. The number of rotatable bonds is 16. The SMILES string of the molecule is CCCCCCCCCCCCCCCCCc1ncccn1. The summed E-state index contributed by atoms with van der Waals surface area (Å²) in [5, 5.41) is 0. The summed E-state index contributed by atoms with van der Waals surface area (Å²) >= 11 is 0. The molecule has 0 radical (unpaired) electrons. The minimum absolute atomic E-state index is 1.00. The van der Waals surface area contributed by atoms with Crippen molar-refractivity contribution in [3.63, 3.8) is 0 Å². The average Bonchev–Trinajstić information content (AvgIpc) is 2.59. The molecule has 0 atom stereocenters. The van der Waals surface area contributed by atoms with Gasteiger partial charge in [-0.3, -0.25) is 0 Å². The van der Waals surface area contributed by atoms with Gasteiger partial charge in [-0.05, 0) is 12.5 Å². The molecule has 1 aromatic rings. The van der Waals surface area contributed by atoms with E-state index in [-0.39, 0.29) is 0 Å². The topological polar surface area (TPSA) is 25.8 Å². The molecule has 0 saturated carbocycles. The summed E-state index contributed by atoms with van der Waals surface area (Å²) in [6.45, 7) is 2.29. The Morgan fingerprint density at radius 3 is 1.39 bits per heavy atom. The lowest BCUT2D eigenvalue weighted by molar-refractivity contribution is 0.531. The summed E-state index contributed by atoms with van der Waals surface area (Å²) in [4.78, 5) is 8.54. The van der Waals surface area contributed by atoms with Crippen LogP contribution < -0.4 is 0 Å². The fourth-order valence-electron chi connectivity index (χ4n) is 3.11. The number of unbranched alkanes of at least 4 members (excludes halogenated alkanes) is 14. The van der Waals surface area contributed by atoms with Crippen LogP contribution in [-0.2, 0) is 6.42 Å². The fraction of sp³-hybridized carbons (Fsp3) is 0.810. The van der Waals surface area contributed by atoms with E-state index in [1.165, 1.54) is 96.3 Å². The Balaban J connectivity index is 1.72. The number of nitrogens with zero attached hydrogens (tertiary/aromatic N) is 2. The van der Waals surface area contributed by atoms with Crippen LogP contribution in [0.3, 0.4) is 0 Å². The summed E-state index contributed by atoms with van der Waals surface area (Å²) < 4.78 is 0. The molecule has 0 aliphatic heterocycles. The van der Waals surface area contributed by atoms with Gasteiger partial charge >= 0.3 is 0 Å². The maximum Gasteiger partial charge on any atom is 0.128 e. The molecule has 1 heterocycles. The van der Waals surface area contributed by atoms with Crippen LogP contribution in [-0.4, -0.2) is 9.97 Å². The van der Waals surface area contributed by atoms with Crippen LogP contribution in [0.1, 0.15) is 109 Å². The molecule has 0 spiro atoms. The van der Waals surface area contributed by atoms with Crippen LogP contribution in [0.2, 0.25) is 0 Å². The van der Waals surface area contributed by atoms with E-state index in [2.05, 4.69) is 16.9 Å². The third kappa shape index (κ3) is 13.2. The van der Waals surface area contributed by atoms with E-state index < -0.39 is 0 Å². The van der Waals surface area contributed by atoms with Gasteiger partial charge in [-0.25, -0.2) is 9.97 Å². The summed E-state index contributed by atoms with van der Waals surface area (Å²) in [5.41, 5.74) is 0. The Labute approximate surface area is 144 Å². The third-order valence-electron chi connectivity index (χ3n) is 4.62. The second-order valence-electron chi connectivity index (χ2n) is 6.86. The molecule has 23 heavy (non-hydrogen) atoms. The third-order valence-corrected chi connectivity index (χ3v) is 4.62. The first kappa shape index (κ1) is 20.1. The van der Waals surface area contributed by atoms with E-state index >= 15 is 0 Å². The highest BCUT2D eigenvalue weighted by Gasteiger charge is 1.96. The zero-order valence-corrected chi connectivity index (χ0v) is 15.4. The fourth-order valence-corrected chi connectivity index (χ4v) is 3.11. The second-order valence-corrected chi connectivity index (χ2v) is 6.86. The van der Waals surface area contributed by atoms with E-state index in [1.807, 2.05) is 18.5 Å². The van der Waals surface area contributed by atoms with Crippen LogP contribution >= 0.6 is 0 Å². The molecule has 0 amide bonds. The molecule has 0 fully saturated rings. The smallest absolute Gasteiger partial charge is 0.128 e. The highest BCUT2D eigenvalue weighted by molar-refractivity contribution is 4.88. The zero-order chi connectivity index (χ0) is 16.4. The lowest BCUT2D eigenvalue weighted by Crippen LogP contribution is -1.93. The lowest BCUT2D eigenvalue weighted by atomic mass is 10.0. The zero-order valence-electron chi connectivity index (χ0n) is 15.4. The lowest BCUT2D eigenvalue weighted by Gasteiger charge is -2.03. The normalized spacial score (nSPS) is 11.0. The highest BCUT2D eigenvalue weighted by Crippen LogP contribution is 2.13. The van der Waals surface area contributed by atoms with E-state index in [1.54, 1.807) is 0 Å². The quantitative estimate of drug-likeness (QED) is 0.310. The second kappa shape index (κ2) is 16.0. The van der Waals surface area contributed by atoms with Gasteiger partial charge in [0.05, 0.1) is 0 Å². The Hall–Kier alpha value is -0.920. The largest absolute Gasteiger partial charge is 0.241 e. The van der Waals surface area contributed by atoms with Gasteiger partial charge in [0, 0.05) is 18.8 Å². The van der Waals surface area contributed by atoms with Crippen molar-refractivity contribution in [3.05, 3.63) is 24.3 Å². The highest BCUT2D eigenvalue weighted by atomic mass is 14.8. The molecule has 132 valence electrons. The predicted octanol–water partition coefficient (Wildman–Crippen LogP) is 6.89. The van der Waals surface area contributed by atoms with Crippen molar-refractivity contribution in [2.75, 3.05) is 0 Å². The number of aryl methyl sites for hydroxylation is 1. The van der Waals surface area contributed by atoms with Crippen molar-refractivity contribution in [1.29, 1.82) is 0 Å². The van der Waals surface area contributed by atoms with Crippen LogP contribution in [0.4, 0.5) is 0 Å². The van der Waals surface area contributed by atoms with Gasteiger partial charge in [-0.1, -0.05) is 96.8 Å². The molecule has 1 rings (SSSR count). The van der Waals surface area contributed by atoms with Crippen molar-refractivity contribution >= 4 is 0 Å². The molecule has 0 unspecified atom stereocenters. The Kier molecular flexibility index (Phi) is 14.0. The molecular formula is C21H38N2. The average molecular weight is 319 g/mol. The van der Waals surface area contributed by atoms with Gasteiger partial charge in [0.2, 0.25) is 0 Å². The van der Waals surface area contributed by atoms with E-state index in [0.717, 1.165) is 12.2 Å². The molecule has 0 aromatic carbocycles. The van der Waals surface area contributed by atoms with Crippen molar-refractivity contribution < 1.29 is 0 Å². The van der Waals surface area contributed by atoms with E-state index in [4.69, 9.17) is 0 Å². The molecule has 0 aliphatic rings. The molecule has 2 nitrogen and oxygen atoms in total. The van der Waals surface area contributed by atoms with Gasteiger partial charge in [-0.2, -0.15) is 0 Å². The van der Waals surface area contributed by atoms with Crippen LogP contribution in [0.5, 0.6) is 0 Å². The first-order valence-corrected chi connectivity index (χ1v) is 10.2. The molecule has 2 heteroatoms. The maximum atomic E-state index is 4.27. The van der Waals surface area contributed by atoms with E-state index in [0.29, 0.717) is 0 Å². The van der Waals surface area contributed by atoms with E-state index in [9.17, 15) is 0 Å². The number of aromatic nitrogens is 2. The molecule has 0 saturated heterocycles. The van der Waals surface area contributed by atoms with Crippen LogP contribution in [0.25, 0.3) is 0 Å². The Morgan fingerprint density at radius 2 is 0.957 bits per heavy atom. The molecule has 0 N–H and O–H groups in total.